The molecule has 0 nitrogen and oxygen atoms in total. The van der Waals surface area contributed by atoms with E-state index in [0.717, 1.165) is 12.8 Å². The van der Waals surface area contributed by atoms with Gasteiger partial charge in [-0.2, -0.15) is 0 Å². The molecular formula is C22H24Br2SiTi. The Kier molecular flexibility index (Phi) is 7.09. The minimum atomic E-state index is -3.48. The van der Waals surface area contributed by atoms with Gasteiger partial charge in [0.15, 0.2) is 0 Å². The Bertz CT molecular complexity index is 875. The van der Waals surface area contributed by atoms with Crippen molar-refractivity contribution in [3.63, 3.8) is 0 Å². The van der Waals surface area contributed by atoms with Crippen molar-refractivity contribution in [2.75, 3.05) is 0 Å². The van der Waals surface area contributed by atoms with E-state index in [9.17, 15) is 0 Å². The number of hydrogen-bond donors (Lipinski definition) is 0. The van der Waals surface area contributed by atoms with Crippen LogP contribution in [0.1, 0.15) is 12.8 Å². The fourth-order valence-corrected chi connectivity index (χ4v) is 18.1. The molecule has 0 aliphatic heterocycles. The average molecular weight is 524 g/mol. The van der Waals surface area contributed by atoms with Crippen molar-refractivity contribution in [3.8, 4) is 0 Å². The van der Waals surface area contributed by atoms with Gasteiger partial charge in [-0.25, -0.2) is 0 Å². The van der Waals surface area contributed by atoms with Crippen LogP contribution in [-0.4, -0.2) is 7.63 Å². The molecule has 0 saturated carbocycles. The van der Waals surface area contributed by atoms with Crippen molar-refractivity contribution in [1.82, 2.24) is 0 Å². The first-order chi connectivity index (χ1) is 11.7. The Morgan fingerprint density at radius 2 is 1.00 bits per heavy atom. The summed E-state index contributed by atoms with van der Waals surface area (Å²) in [4.78, 5) is 0. The van der Waals surface area contributed by atoms with Gasteiger partial charge in [-0.1, -0.05) is 0 Å². The minimum absolute atomic E-state index is 0. The zero-order valence-electron chi connectivity index (χ0n) is 14.7. The van der Waals surface area contributed by atoms with Crippen molar-refractivity contribution >= 4 is 49.3 Å². The van der Waals surface area contributed by atoms with Crippen LogP contribution in [0.3, 0.4) is 0 Å². The second kappa shape index (κ2) is 8.54. The fourth-order valence-electron chi connectivity index (χ4n) is 4.44. The third-order valence-electron chi connectivity index (χ3n) is 5.78. The molecule has 0 unspecified atom stereocenters. The van der Waals surface area contributed by atoms with Crippen LogP contribution in [0, 0.1) is 0 Å². The van der Waals surface area contributed by atoms with E-state index in [2.05, 4.69) is 105 Å². The van der Waals surface area contributed by atoms with E-state index in [0.29, 0.717) is 0 Å². The summed E-state index contributed by atoms with van der Waals surface area (Å²) in [6, 6.07) is 22.6. The molecule has 4 rings (SSSR count). The Hall–Kier alpha value is -0.709. The molecule has 0 bridgehead atoms. The molecular weight excluding hydrogens is 500 g/mol. The van der Waals surface area contributed by atoms with Crippen LogP contribution in [0.25, 0.3) is 0 Å². The van der Waals surface area contributed by atoms with Crippen LogP contribution in [0.2, 0.25) is 0 Å². The Morgan fingerprint density at radius 3 is 1.31 bits per heavy atom. The first-order valence-electron chi connectivity index (χ1n) is 8.61. The van der Waals surface area contributed by atoms with Crippen LogP contribution in [-0.2, 0) is 14.0 Å². The van der Waals surface area contributed by atoms with E-state index >= 15 is 0 Å². The first-order valence-corrected chi connectivity index (χ1v) is 15.8. The van der Waals surface area contributed by atoms with Gasteiger partial charge in [-0.3, -0.25) is 0 Å². The van der Waals surface area contributed by atoms with Gasteiger partial charge in [0.2, 0.25) is 0 Å². The third kappa shape index (κ3) is 3.08. The molecule has 2 aliphatic carbocycles. The summed E-state index contributed by atoms with van der Waals surface area (Å²) in [5.41, 5.74) is 0. The number of halogens is 2. The number of benzene rings is 2. The van der Waals surface area contributed by atoms with Gasteiger partial charge in [0, 0.05) is 0 Å². The molecule has 0 N–H and O–H groups in total. The van der Waals surface area contributed by atoms with Gasteiger partial charge >= 0.3 is 147 Å². The molecule has 4 heteroatoms. The Balaban J connectivity index is 0.00000121. The zero-order chi connectivity index (χ0) is 16.5. The van der Waals surface area contributed by atoms with Crippen molar-refractivity contribution < 1.29 is 14.0 Å². The molecule has 0 fully saturated rings. The molecule has 0 aromatic heterocycles. The maximum absolute atomic E-state index is 3.48. The summed E-state index contributed by atoms with van der Waals surface area (Å²) < 4.78 is 6.39. The van der Waals surface area contributed by atoms with E-state index in [1.165, 1.54) is 0 Å². The van der Waals surface area contributed by atoms with Gasteiger partial charge < -0.3 is 0 Å². The normalized spacial score (nSPS) is 15.7. The van der Waals surface area contributed by atoms with E-state index in [4.69, 9.17) is 0 Å². The third-order valence-corrected chi connectivity index (χ3v) is 23.5. The number of rotatable bonds is 4. The molecule has 0 heterocycles. The molecule has 2 aliphatic rings. The van der Waals surface area contributed by atoms with Crippen molar-refractivity contribution in [2.45, 2.75) is 12.8 Å². The van der Waals surface area contributed by atoms with Crippen molar-refractivity contribution in [3.05, 3.63) is 105 Å². The van der Waals surface area contributed by atoms with Gasteiger partial charge in [-0.15, -0.1) is 34.0 Å². The molecule has 26 heavy (non-hydrogen) atoms. The maximum atomic E-state index is 2.41. The molecule has 2 aromatic carbocycles. The van der Waals surface area contributed by atoms with Gasteiger partial charge in [0.05, 0.1) is 0 Å². The summed E-state index contributed by atoms with van der Waals surface area (Å²) >= 11 is -3.48. The van der Waals surface area contributed by atoms with Crippen molar-refractivity contribution in [1.29, 1.82) is 0 Å². The number of hydrogen-bond acceptors (Lipinski definition) is 0. The number of allylic oxidation sites excluding steroid dienone is 8. The predicted molar refractivity (Wildman–Crippen MR) is 125 cm³/mol. The summed E-state index contributed by atoms with van der Waals surface area (Å²) in [7, 11) is 2.33. The summed E-state index contributed by atoms with van der Waals surface area (Å²) in [5.74, 6) is 0. The molecule has 0 radical (unpaired) electrons. The monoisotopic (exact) mass is 522 g/mol. The van der Waals surface area contributed by atoms with Crippen LogP contribution in [0.4, 0.5) is 0 Å². The van der Waals surface area contributed by atoms with E-state index in [1.807, 2.05) is 0 Å². The molecule has 0 atom stereocenters. The Labute approximate surface area is 179 Å². The van der Waals surface area contributed by atoms with Crippen LogP contribution in [0.15, 0.2) is 105 Å². The topological polar surface area (TPSA) is 0 Å². The summed E-state index contributed by atoms with van der Waals surface area (Å²) in [5, 5.41) is 0. The first kappa shape index (κ1) is 21.6. The molecule has 134 valence electrons. The molecule has 2 aromatic rings. The van der Waals surface area contributed by atoms with E-state index in [-0.39, 0.29) is 34.0 Å². The van der Waals surface area contributed by atoms with E-state index in [1.54, 1.807) is 15.5 Å². The molecule has 0 spiro atoms. The second-order valence-corrected chi connectivity index (χ2v) is 21.0. The molecule has 0 amide bonds. The van der Waals surface area contributed by atoms with Crippen LogP contribution >= 0.6 is 34.0 Å². The fraction of sp³-hybridized carbons (Fsp3) is 0.0909. The zero-order valence-corrected chi connectivity index (χ0v) is 21.1. The van der Waals surface area contributed by atoms with Gasteiger partial charge in [0.25, 0.3) is 0 Å². The van der Waals surface area contributed by atoms with Gasteiger partial charge in [0.1, 0.15) is 0 Å². The summed E-state index contributed by atoms with van der Waals surface area (Å²) in [6.07, 6.45) is 16.1. The Morgan fingerprint density at radius 1 is 0.615 bits per heavy atom. The van der Waals surface area contributed by atoms with E-state index < -0.39 is 14.0 Å². The molecule has 0 saturated heterocycles. The quantitative estimate of drug-likeness (QED) is 0.509. The summed E-state index contributed by atoms with van der Waals surface area (Å²) in [6.45, 7) is 0. The standard InChI is InChI=1S/2C6H5.2C5H5.2BrH.H2Si.Ti/c2*1-2-4-6-5-3-1;2*1-2-4-5-3-1;;;;/h2*1-5H;2*1-3H,4H2;2*1H;1H2;. The SMILES string of the molecule is Br.Br.[SiH2]=[Ti]([C]1=CC=CC1)([C]1=CC=CC1)([c]1ccccc1)[c]1ccccc1. The van der Waals surface area contributed by atoms with Gasteiger partial charge in [-0.05, 0) is 0 Å². The second-order valence-electron chi connectivity index (χ2n) is 6.84. The van der Waals surface area contributed by atoms with Crippen LogP contribution < -0.4 is 7.74 Å². The predicted octanol–water partition coefficient (Wildman–Crippen LogP) is 4.72. The average Bonchev–Trinajstić information content (AvgIpc) is 3.37. The van der Waals surface area contributed by atoms with Crippen LogP contribution in [0.5, 0.6) is 0 Å². The van der Waals surface area contributed by atoms with Crippen molar-refractivity contribution in [2.24, 2.45) is 0 Å².